The Hall–Kier alpha value is -0.980. The second-order valence-corrected chi connectivity index (χ2v) is 4.48. The van der Waals surface area contributed by atoms with E-state index in [0.717, 1.165) is 0 Å². The molecule has 0 aromatic heterocycles. The molecule has 0 saturated heterocycles. The highest BCUT2D eigenvalue weighted by atomic mass is 15.0. The second kappa shape index (κ2) is 5.04. The van der Waals surface area contributed by atoms with Crippen LogP contribution in [0.5, 0.6) is 0 Å². The van der Waals surface area contributed by atoms with Crippen molar-refractivity contribution in [2.75, 3.05) is 5.32 Å². The number of benzene rings is 1. The standard InChI is InChI=1S/C13H21N/c1-4-5-11-13(2,3)14-12-9-7-6-8-10-12/h6-10,14H,4-5,11H2,1-3H3. The SMILES string of the molecule is CCCCC(C)(C)Nc1ccccc1. The van der Waals surface area contributed by atoms with Crippen LogP contribution in [-0.2, 0) is 0 Å². The average molecular weight is 191 g/mol. The molecular formula is C13H21N. The number of rotatable bonds is 5. The molecule has 0 aliphatic rings. The van der Waals surface area contributed by atoms with Gasteiger partial charge in [-0.25, -0.2) is 0 Å². The molecule has 0 heterocycles. The Kier molecular flexibility index (Phi) is 3.99. The molecule has 1 aromatic carbocycles. The molecule has 0 aliphatic heterocycles. The van der Waals surface area contributed by atoms with Crippen LogP contribution in [0.1, 0.15) is 40.0 Å². The number of hydrogen-bond donors (Lipinski definition) is 1. The Morgan fingerprint density at radius 2 is 1.79 bits per heavy atom. The van der Waals surface area contributed by atoms with E-state index in [9.17, 15) is 0 Å². The first-order valence-electron chi connectivity index (χ1n) is 5.47. The first-order chi connectivity index (χ1) is 6.64. The molecule has 0 bridgehead atoms. The van der Waals surface area contributed by atoms with Gasteiger partial charge in [0.25, 0.3) is 0 Å². The summed E-state index contributed by atoms with van der Waals surface area (Å²) in [5.74, 6) is 0. The summed E-state index contributed by atoms with van der Waals surface area (Å²) < 4.78 is 0. The van der Waals surface area contributed by atoms with Gasteiger partial charge in [0.15, 0.2) is 0 Å². The molecule has 0 amide bonds. The summed E-state index contributed by atoms with van der Waals surface area (Å²) in [6.07, 6.45) is 3.77. The molecule has 0 unspecified atom stereocenters. The highest BCUT2D eigenvalue weighted by molar-refractivity contribution is 5.44. The first kappa shape index (κ1) is 11.1. The lowest BCUT2D eigenvalue weighted by molar-refractivity contribution is 0.493. The van der Waals surface area contributed by atoms with E-state index in [2.05, 4.69) is 50.4 Å². The molecule has 1 nitrogen and oxygen atoms in total. The summed E-state index contributed by atoms with van der Waals surface area (Å²) in [5.41, 5.74) is 1.42. The maximum atomic E-state index is 3.55. The minimum atomic E-state index is 0.206. The van der Waals surface area contributed by atoms with E-state index in [1.165, 1.54) is 24.9 Å². The van der Waals surface area contributed by atoms with Gasteiger partial charge >= 0.3 is 0 Å². The molecule has 14 heavy (non-hydrogen) atoms. The number of para-hydroxylation sites is 1. The maximum Gasteiger partial charge on any atom is 0.0344 e. The van der Waals surface area contributed by atoms with Crippen molar-refractivity contribution in [1.82, 2.24) is 0 Å². The van der Waals surface area contributed by atoms with E-state index in [-0.39, 0.29) is 5.54 Å². The van der Waals surface area contributed by atoms with Crippen molar-refractivity contribution in [2.24, 2.45) is 0 Å². The van der Waals surface area contributed by atoms with Crippen LogP contribution in [0.4, 0.5) is 5.69 Å². The van der Waals surface area contributed by atoms with Crippen LogP contribution in [-0.4, -0.2) is 5.54 Å². The van der Waals surface area contributed by atoms with E-state index < -0.39 is 0 Å². The van der Waals surface area contributed by atoms with Crippen molar-refractivity contribution in [1.29, 1.82) is 0 Å². The van der Waals surface area contributed by atoms with Crippen molar-refractivity contribution in [2.45, 2.75) is 45.6 Å². The largest absolute Gasteiger partial charge is 0.380 e. The van der Waals surface area contributed by atoms with Crippen molar-refractivity contribution in [3.05, 3.63) is 30.3 Å². The maximum absolute atomic E-state index is 3.55. The molecule has 1 rings (SSSR count). The highest BCUT2D eigenvalue weighted by Gasteiger charge is 2.15. The van der Waals surface area contributed by atoms with E-state index in [0.29, 0.717) is 0 Å². The van der Waals surface area contributed by atoms with Crippen LogP contribution < -0.4 is 5.32 Å². The molecule has 0 fully saturated rings. The third-order valence-corrected chi connectivity index (χ3v) is 2.41. The van der Waals surface area contributed by atoms with Gasteiger partial charge in [-0.15, -0.1) is 0 Å². The zero-order chi connectivity index (χ0) is 10.4. The molecule has 0 radical (unpaired) electrons. The lowest BCUT2D eigenvalue weighted by Crippen LogP contribution is -2.30. The van der Waals surface area contributed by atoms with Crippen LogP contribution in [0, 0.1) is 0 Å². The smallest absolute Gasteiger partial charge is 0.0344 e. The summed E-state index contributed by atoms with van der Waals surface area (Å²) in [5, 5.41) is 3.55. The molecule has 0 aliphatic carbocycles. The molecule has 0 saturated carbocycles. The monoisotopic (exact) mass is 191 g/mol. The fourth-order valence-electron chi connectivity index (χ4n) is 1.59. The Labute approximate surface area is 87.5 Å². The van der Waals surface area contributed by atoms with E-state index in [4.69, 9.17) is 0 Å². The fraction of sp³-hybridized carbons (Fsp3) is 0.538. The topological polar surface area (TPSA) is 12.0 Å². The molecule has 0 spiro atoms. The van der Waals surface area contributed by atoms with Crippen molar-refractivity contribution in [3.63, 3.8) is 0 Å². The van der Waals surface area contributed by atoms with Gasteiger partial charge in [-0.1, -0.05) is 38.0 Å². The summed E-state index contributed by atoms with van der Waals surface area (Å²) in [6, 6.07) is 10.4. The average Bonchev–Trinajstić information content (AvgIpc) is 2.16. The van der Waals surface area contributed by atoms with Crippen molar-refractivity contribution in [3.8, 4) is 0 Å². The predicted molar refractivity (Wildman–Crippen MR) is 63.7 cm³/mol. The Morgan fingerprint density at radius 3 is 2.36 bits per heavy atom. The molecule has 78 valence electrons. The van der Waals surface area contributed by atoms with Crippen LogP contribution in [0.25, 0.3) is 0 Å². The number of anilines is 1. The number of unbranched alkanes of at least 4 members (excludes halogenated alkanes) is 1. The van der Waals surface area contributed by atoms with Gasteiger partial charge in [-0.3, -0.25) is 0 Å². The van der Waals surface area contributed by atoms with Gasteiger partial charge in [0, 0.05) is 11.2 Å². The lowest BCUT2D eigenvalue weighted by atomic mass is 9.97. The Morgan fingerprint density at radius 1 is 1.14 bits per heavy atom. The lowest BCUT2D eigenvalue weighted by Gasteiger charge is -2.27. The second-order valence-electron chi connectivity index (χ2n) is 4.48. The van der Waals surface area contributed by atoms with Crippen molar-refractivity contribution < 1.29 is 0 Å². The molecular weight excluding hydrogens is 170 g/mol. The van der Waals surface area contributed by atoms with Gasteiger partial charge < -0.3 is 5.32 Å². The molecule has 1 N–H and O–H groups in total. The molecule has 1 heteroatoms. The van der Waals surface area contributed by atoms with Crippen LogP contribution in [0.2, 0.25) is 0 Å². The van der Waals surface area contributed by atoms with Gasteiger partial charge in [0.05, 0.1) is 0 Å². The predicted octanol–water partition coefficient (Wildman–Crippen LogP) is 4.07. The highest BCUT2D eigenvalue weighted by Crippen LogP contribution is 2.19. The quantitative estimate of drug-likeness (QED) is 0.740. The summed E-state index contributed by atoms with van der Waals surface area (Å²) in [7, 11) is 0. The third kappa shape index (κ3) is 3.82. The zero-order valence-electron chi connectivity index (χ0n) is 9.51. The van der Waals surface area contributed by atoms with Crippen molar-refractivity contribution >= 4 is 5.69 Å². The van der Waals surface area contributed by atoms with Crippen LogP contribution in [0.15, 0.2) is 30.3 Å². The zero-order valence-corrected chi connectivity index (χ0v) is 9.51. The van der Waals surface area contributed by atoms with E-state index in [1.54, 1.807) is 0 Å². The number of hydrogen-bond acceptors (Lipinski definition) is 1. The van der Waals surface area contributed by atoms with Gasteiger partial charge in [-0.05, 0) is 32.4 Å². The van der Waals surface area contributed by atoms with Crippen LogP contribution >= 0.6 is 0 Å². The molecule has 1 aromatic rings. The summed E-state index contributed by atoms with van der Waals surface area (Å²) >= 11 is 0. The van der Waals surface area contributed by atoms with Gasteiger partial charge in [-0.2, -0.15) is 0 Å². The van der Waals surface area contributed by atoms with E-state index in [1.807, 2.05) is 6.07 Å². The fourth-order valence-corrected chi connectivity index (χ4v) is 1.59. The van der Waals surface area contributed by atoms with Gasteiger partial charge in [0.2, 0.25) is 0 Å². The first-order valence-corrected chi connectivity index (χ1v) is 5.47. The van der Waals surface area contributed by atoms with Gasteiger partial charge in [0.1, 0.15) is 0 Å². The van der Waals surface area contributed by atoms with E-state index >= 15 is 0 Å². The van der Waals surface area contributed by atoms with Crippen LogP contribution in [0.3, 0.4) is 0 Å². The minimum Gasteiger partial charge on any atom is -0.380 e. The Bertz CT molecular complexity index is 251. The number of nitrogens with one attached hydrogen (secondary N) is 1. The molecule has 0 atom stereocenters. The third-order valence-electron chi connectivity index (χ3n) is 2.41. The Balaban J connectivity index is 2.50. The minimum absolute atomic E-state index is 0.206. The normalized spacial score (nSPS) is 11.4. The summed E-state index contributed by atoms with van der Waals surface area (Å²) in [6.45, 7) is 6.75. The summed E-state index contributed by atoms with van der Waals surface area (Å²) in [4.78, 5) is 0.